The van der Waals surface area contributed by atoms with Crippen molar-refractivity contribution in [1.29, 1.82) is 0 Å². The fraction of sp³-hybridized carbons (Fsp3) is 0.714. The van der Waals surface area contributed by atoms with Gasteiger partial charge in [-0.2, -0.15) is 0 Å². The number of hydrogen-bond donors (Lipinski definition) is 1. The maximum atomic E-state index is 5.04. The van der Waals surface area contributed by atoms with Crippen LogP contribution >= 0.6 is 0 Å². The first kappa shape index (κ1) is 7.52. The Labute approximate surface area is 51.5 Å². The van der Waals surface area contributed by atoms with Gasteiger partial charge in [0.2, 0.25) is 0 Å². The summed E-state index contributed by atoms with van der Waals surface area (Å²) in [6, 6.07) is 0. The van der Waals surface area contributed by atoms with Crippen LogP contribution in [0.2, 0.25) is 0 Å². The minimum absolute atomic E-state index is 0.918. The van der Waals surface area contributed by atoms with E-state index in [0.29, 0.717) is 0 Å². The largest absolute Gasteiger partial charge is 0.320 e. The minimum atomic E-state index is 0.918. The molecule has 46 valence electrons. The normalized spacial score (nSPS) is 8.50. The molecule has 0 aromatic rings. The maximum Gasteiger partial charge on any atom is 0.00865 e. The lowest BCUT2D eigenvalue weighted by Crippen LogP contribution is -2.06. The molecule has 1 N–H and O–H groups in total. The zero-order valence-corrected chi connectivity index (χ0v) is 5.41. The van der Waals surface area contributed by atoms with E-state index in [2.05, 4.69) is 11.2 Å². The number of nitrogens with one attached hydrogen (secondary N) is 1. The highest BCUT2D eigenvalue weighted by Gasteiger charge is 1.80. The SMILES string of the molecule is C#CCCCCNC. The van der Waals surface area contributed by atoms with Gasteiger partial charge in [-0.3, -0.25) is 0 Å². The Balaban J connectivity index is 2.65. The molecule has 0 radical (unpaired) electrons. The van der Waals surface area contributed by atoms with Crippen LogP contribution in [0.4, 0.5) is 0 Å². The summed E-state index contributed by atoms with van der Waals surface area (Å²) >= 11 is 0. The molecule has 0 aromatic heterocycles. The van der Waals surface area contributed by atoms with Crippen molar-refractivity contribution in [3.8, 4) is 12.3 Å². The average Bonchev–Trinajstić information content (AvgIpc) is 1.81. The molecule has 1 nitrogen and oxygen atoms in total. The van der Waals surface area contributed by atoms with E-state index >= 15 is 0 Å². The lowest BCUT2D eigenvalue weighted by Gasteiger charge is -1.93. The summed E-state index contributed by atoms with van der Waals surface area (Å²) in [5.41, 5.74) is 0. The van der Waals surface area contributed by atoms with Crippen molar-refractivity contribution in [2.24, 2.45) is 0 Å². The van der Waals surface area contributed by atoms with Gasteiger partial charge in [-0.25, -0.2) is 0 Å². The summed E-state index contributed by atoms with van der Waals surface area (Å²) in [6.45, 7) is 1.08. The summed E-state index contributed by atoms with van der Waals surface area (Å²) in [6.07, 6.45) is 8.30. The highest BCUT2D eigenvalue weighted by atomic mass is 14.8. The third-order valence-electron chi connectivity index (χ3n) is 0.998. The van der Waals surface area contributed by atoms with Gasteiger partial charge in [-0.05, 0) is 26.4 Å². The topological polar surface area (TPSA) is 12.0 Å². The molecule has 0 fully saturated rings. The van der Waals surface area contributed by atoms with Crippen molar-refractivity contribution in [2.45, 2.75) is 19.3 Å². The first-order valence-electron chi connectivity index (χ1n) is 3.00. The molecule has 0 aliphatic heterocycles. The molecule has 1 heteroatoms. The van der Waals surface area contributed by atoms with Crippen molar-refractivity contribution in [3.05, 3.63) is 0 Å². The van der Waals surface area contributed by atoms with Crippen LogP contribution in [-0.2, 0) is 0 Å². The minimum Gasteiger partial charge on any atom is -0.320 e. The lowest BCUT2D eigenvalue weighted by molar-refractivity contribution is 0.690. The van der Waals surface area contributed by atoms with E-state index in [4.69, 9.17) is 6.42 Å². The lowest BCUT2D eigenvalue weighted by atomic mass is 10.2. The summed E-state index contributed by atoms with van der Waals surface area (Å²) in [5.74, 6) is 2.60. The Morgan fingerprint density at radius 2 is 2.25 bits per heavy atom. The molecule has 0 heterocycles. The molecule has 0 atom stereocenters. The Kier molecular flexibility index (Phi) is 6.13. The van der Waals surface area contributed by atoms with E-state index in [9.17, 15) is 0 Å². The van der Waals surface area contributed by atoms with Gasteiger partial charge < -0.3 is 5.32 Å². The first-order chi connectivity index (χ1) is 3.91. The summed E-state index contributed by atoms with van der Waals surface area (Å²) in [7, 11) is 1.95. The van der Waals surface area contributed by atoms with Crippen LogP contribution in [0.3, 0.4) is 0 Å². The molecular formula is C7H13N. The van der Waals surface area contributed by atoms with Crippen LogP contribution in [0.25, 0.3) is 0 Å². The standard InChI is InChI=1S/C7H13N/c1-3-4-5-6-7-8-2/h1,8H,4-7H2,2H3. The fourth-order valence-corrected chi connectivity index (χ4v) is 0.529. The molecule has 0 aliphatic rings. The molecule has 0 saturated heterocycles. The predicted octanol–water partition coefficient (Wildman–Crippen LogP) is 1.01. The van der Waals surface area contributed by atoms with Crippen molar-refractivity contribution >= 4 is 0 Å². The first-order valence-corrected chi connectivity index (χ1v) is 3.00. The Bertz CT molecular complexity index is 70.9. The highest BCUT2D eigenvalue weighted by Crippen LogP contribution is 1.89. The van der Waals surface area contributed by atoms with Gasteiger partial charge in [0, 0.05) is 6.42 Å². The summed E-state index contributed by atoms with van der Waals surface area (Å²) in [4.78, 5) is 0. The highest BCUT2D eigenvalue weighted by molar-refractivity contribution is 4.82. The van der Waals surface area contributed by atoms with E-state index in [1.807, 2.05) is 7.05 Å². The van der Waals surface area contributed by atoms with E-state index in [1.165, 1.54) is 6.42 Å². The van der Waals surface area contributed by atoms with Crippen molar-refractivity contribution in [1.82, 2.24) is 5.32 Å². The fourth-order valence-electron chi connectivity index (χ4n) is 0.529. The Morgan fingerprint density at radius 1 is 1.50 bits per heavy atom. The monoisotopic (exact) mass is 111 g/mol. The zero-order valence-electron chi connectivity index (χ0n) is 5.41. The third-order valence-corrected chi connectivity index (χ3v) is 0.998. The van der Waals surface area contributed by atoms with Crippen molar-refractivity contribution in [2.75, 3.05) is 13.6 Å². The van der Waals surface area contributed by atoms with Gasteiger partial charge in [0.25, 0.3) is 0 Å². The molecule has 0 spiro atoms. The van der Waals surface area contributed by atoms with E-state index in [-0.39, 0.29) is 0 Å². The predicted molar refractivity (Wildman–Crippen MR) is 36.6 cm³/mol. The number of rotatable bonds is 4. The average molecular weight is 111 g/mol. The molecule has 0 aromatic carbocycles. The molecule has 0 saturated carbocycles. The van der Waals surface area contributed by atoms with E-state index < -0.39 is 0 Å². The van der Waals surface area contributed by atoms with Crippen LogP contribution < -0.4 is 5.32 Å². The van der Waals surface area contributed by atoms with Crippen LogP contribution in [-0.4, -0.2) is 13.6 Å². The second-order valence-corrected chi connectivity index (χ2v) is 1.76. The van der Waals surface area contributed by atoms with Crippen LogP contribution in [0.5, 0.6) is 0 Å². The zero-order chi connectivity index (χ0) is 6.24. The van der Waals surface area contributed by atoms with Gasteiger partial charge in [0.15, 0.2) is 0 Å². The Morgan fingerprint density at radius 3 is 2.75 bits per heavy atom. The number of terminal acetylenes is 1. The number of unbranched alkanes of at least 4 members (excludes halogenated alkanes) is 2. The van der Waals surface area contributed by atoms with Crippen LogP contribution in [0, 0.1) is 12.3 Å². The molecule has 0 aliphatic carbocycles. The smallest absolute Gasteiger partial charge is 0.00865 e. The van der Waals surface area contributed by atoms with E-state index in [0.717, 1.165) is 19.4 Å². The summed E-state index contributed by atoms with van der Waals surface area (Å²) < 4.78 is 0. The number of hydrogen-bond acceptors (Lipinski definition) is 1. The molecule has 0 unspecified atom stereocenters. The van der Waals surface area contributed by atoms with Crippen LogP contribution in [0.15, 0.2) is 0 Å². The molecule has 0 amide bonds. The quantitative estimate of drug-likeness (QED) is 0.421. The second-order valence-electron chi connectivity index (χ2n) is 1.76. The van der Waals surface area contributed by atoms with Crippen LogP contribution in [0.1, 0.15) is 19.3 Å². The maximum absolute atomic E-state index is 5.04. The molecule has 0 rings (SSSR count). The molecule has 0 bridgehead atoms. The summed E-state index contributed by atoms with van der Waals surface area (Å²) in [5, 5.41) is 3.06. The van der Waals surface area contributed by atoms with Gasteiger partial charge >= 0.3 is 0 Å². The van der Waals surface area contributed by atoms with Gasteiger partial charge in [0.1, 0.15) is 0 Å². The third kappa shape index (κ3) is 5.52. The van der Waals surface area contributed by atoms with Gasteiger partial charge in [-0.15, -0.1) is 12.3 Å². The van der Waals surface area contributed by atoms with Gasteiger partial charge in [0.05, 0.1) is 0 Å². The molecular weight excluding hydrogens is 98.1 g/mol. The molecule has 8 heavy (non-hydrogen) atoms. The Hall–Kier alpha value is -0.480. The van der Waals surface area contributed by atoms with Crippen molar-refractivity contribution < 1.29 is 0 Å². The second kappa shape index (κ2) is 6.52. The van der Waals surface area contributed by atoms with Crippen molar-refractivity contribution in [3.63, 3.8) is 0 Å². The van der Waals surface area contributed by atoms with Gasteiger partial charge in [-0.1, -0.05) is 0 Å². The van der Waals surface area contributed by atoms with E-state index in [1.54, 1.807) is 0 Å².